The predicted octanol–water partition coefficient (Wildman–Crippen LogP) is 3.58. The van der Waals surface area contributed by atoms with Crippen molar-refractivity contribution in [2.24, 2.45) is 0 Å². The smallest absolute Gasteiger partial charge is 0.119 e. The third-order valence-electron chi connectivity index (χ3n) is 2.03. The van der Waals surface area contributed by atoms with Crippen LogP contribution in [0.4, 0.5) is 0 Å². The number of ether oxygens (including phenoxy) is 1. The molecular weight excluding hydrogens is 188 g/mol. The Morgan fingerprint density at radius 2 is 1.53 bits per heavy atom. The first kappa shape index (κ1) is 11.4. The van der Waals surface area contributed by atoms with Gasteiger partial charge in [0.25, 0.3) is 0 Å². The quantitative estimate of drug-likeness (QED) is 0.769. The van der Waals surface area contributed by atoms with Crippen molar-refractivity contribution in [2.45, 2.75) is 13.8 Å². The van der Waals surface area contributed by atoms with E-state index in [9.17, 15) is 5.11 Å². The summed E-state index contributed by atoms with van der Waals surface area (Å²) in [7, 11) is 1.64. The molecule has 0 amide bonds. The van der Waals surface area contributed by atoms with Crippen molar-refractivity contribution in [2.75, 3.05) is 7.11 Å². The second kappa shape index (κ2) is 5.25. The van der Waals surface area contributed by atoms with Crippen LogP contribution in [-0.2, 0) is 0 Å². The zero-order valence-electron chi connectivity index (χ0n) is 9.32. The van der Waals surface area contributed by atoms with E-state index in [0.29, 0.717) is 0 Å². The molecule has 1 N–H and O–H groups in total. The van der Waals surface area contributed by atoms with Gasteiger partial charge in [0.15, 0.2) is 0 Å². The van der Waals surface area contributed by atoms with Gasteiger partial charge in [-0.15, -0.1) is 0 Å². The lowest BCUT2D eigenvalue weighted by Gasteiger charge is -2.02. The highest BCUT2D eigenvalue weighted by atomic mass is 16.5. The predicted molar refractivity (Wildman–Crippen MR) is 63.5 cm³/mol. The number of fused-ring (bicyclic) bond motifs is 1. The third kappa shape index (κ3) is 2.62. The van der Waals surface area contributed by atoms with Crippen LogP contribution < -0.4 is 4.74 Å². The van der Waals surface area contributed by atoms with Crippen LogP contribution in [0.1, 0.15) is 13.8 Å². The van der Waals surface area contributed by atoms with Crippen molar-refractivity contribution < 1.29 is 9.84 Å². The Bertz CT molecular complexity index is 435. The molecule has 0 spiro atoms. The van der Waals surface area contributed by atoms with Crippen molar-refractivity contribution in [1.82, 2.24) is 0 Å². The van der Waals surface area contributed by atoms with E-state index in [1.807, 2.05) is 38.1 Å². The Morgan fingerprint density at radius 3 is 2.20 bits per heavy atom. The second-order valence-corrected chi connectivity index (χ2v) is 2.90. The summed E-state index contributed by atoms with van der Waals surface area (Å²) in [6, 6.07) is 11.0. The minimum atomic E-state index is 0.290. The van der Waals surface area contributed by atoms with Gasteiger partial charge in [-0.1, -0.05) is 26.0 Å². The molecule has 0 saturated heterocycles. The average Bonchev–Trinajstić information content (AvgIpc) is 2.31. The second-order valence-electron chi connectivity index (χ2n) is 2.90. The van der Waals surface area contributed by atoms with E-state index in [0.717, 1.165) is 16.5 Å². The Morgan fingerprint density at radius 1 is 0.933 bits per heavy atom. The highest BCUT2D eigenvalue weighted by Crippen LogP contribution is 2.23. The standard InChI is InChI=1S/C11H10O2.C2H6/c1-13-11-5-3-8-6-10(12)4-2-9(8)7-11;1-2/h2-7,12H,1H3;1-2H3. The molecule has 0 saturated carbocycles. The van der Waals surface area contributed by atoms with Crippen LogP contribution in [0.5, 0.6) is 11.5 Å². The monoisotopic (exact) mass is 204 g/mol. The maximum absolute atomic E-state index is 9.23. The first-order valence-electron chi connectivity index (χ1n) is 5.06. The number of rotatable bonds is 1. The zero-order valence-corrected chi connectivity index (χ0v) is 9.32. The maximum atomic E-state index is 9.23. The highest BCUT2D eigenvalue weighted by Gasteiger charge is 1.96. The summed E-state index contributed by atoms with van der Waals surface area (Å²) in [6.45, 7) is 4.00. The lowest BCUT2D eigenvalue weighted by molar-refractivity contribution is 0.415. The molecule has 0 aliphatic rings. The van der Waals surface area contributed by atoms with Gasteiger partial charge < -0.3 is 9.84 Å². The summed E-state index contributed by atoms with van der Waals surface area (Å²) in [6.07, 6.45) is 0. The van der Waals surface area contributed by atoms with Crippen LogP contribution >= 0.6 is 0 Å². The fourth-order valence-corrected chi connectivity index (χ4v) is 1.34. The summed E-state index contributed by atoms with van der Waals surface area (Å²) in [5.41, 5.74) is 0. The molecule has 0 aliphatic heterocycles. The van der Waals surface area contributed by atoms with E-state index in [-0.39, 0.29) is 5.75 Å². The minimum absolute atomic E-state index is 0.290. The molecule has 0 atom stereocenters. The molecule has 0 fully saturated rings. The molecule has 80 valence electrons. The van der Waals surface area contributed by atoms with Crippen LogP contribution in [0.3, 0.4) is 0 Å². The van der Waals surface area contributed by atoms with Gasteiger partial charge in [-0.05, 0) is 35.0 Å². The number of hydrogen-bond acceptors (Lipinski definition) is 2. The summed E-state index contributed by atoms with van der Waals surface area (Å²) in [5.74, 6) is 1.12. The SMILES string of the molecule is CC.COc1ccc2cc(O)ccc2c1. The Labute approximate surface area is 90.1 Å². The molecule has 0 unspecified atom stereocenters. The zero-order chi connectivity index (χ0) is 11.3. The van der Waals surface area contributed by atoms with Crippen LogP contribution in [0.25, 0.3) is 10.8 Å². The Hall–Kier alpha value is -1.70. The number of phenols is 1. The van der Waals surface area contributed by atoms with Crippen molar-refractivity contribution in [3.8, 4) is 11.5 Å². The molecule has 0 radical (unpaired) electrons. The maximum Gasteiger partial charge on any atom is 0.119 e. The number of methoxy groups -OCH3 is 1. The molecule has 2 nitrogen and oxygen atoms in total. The number of aromatic hydroxyl groups is 1. The molecule has 2 rings (SSSR count). The van der Waals surface area contributed by atoms with Gasteiger partial charge in [-0.2, -0.15) is 0 Å². The molecule has 2 aromatic rings. The van der Waals surface area contributed by atoms with E-state index in [2.05, 4.69) is 0 Å². The van der Waals surface area contributed by atoms with Crippen LogP contribution in [0.2, 0.25) is 0 Å². The summed E-state index contributed by atoms with van der Waals surface area (Å²) in [4.78, 5) is 0. The van der Waals surface area contributed by atoms with E-state index in [4.69, 9.17) is 4.74 Å². The van der Waals surface area contributed by atoms with Crippen LogP contribution in [0, 0.1) is 0 Å². The highest BCUT2D eigenvalue weighted by molar-refractivity contribution is 5.85. The lowest BCUT2D eigenvalue weighted by Crippen LogP contribution is -1.81. The molecule has 15 heavy (non-hydrogen) atoms. The van der Waals surface area contributed by atoms with Crippen molar-refractivity contribution in [3.63, 3.8) is 0 Å². The molecule has 0 aromatic heterocycles. The normalized spacial score (nSPS) is 9.27. The van der Waals surface area contributed by atoms with E-state index in [1.165, 1.54) is 0 Å². The van der Waals surface area contributed by atoms with Crippen molar-refractivity contribution in [1.29, 1.82) is 0 Å². The number of benzene rings is 2. The topological polar surface area (TPSA) is 29.5 Å². The van der Waals surface area contributed by atoms with Gasteiger partial charge in [0.1, 0.15) is 11.5 Å². The van der Waals surface area contributed by atoms with Crippen LogP contribution in [-0.4, -0.2) is 12.2 Å². The van der Waals surface area contributed by atoms with Gasteiger partial charge in [0.05, 0.1) is 7.11 Å². The van der Waals surface area contributed by atoms with Gasteiger partial charge >= 0.3 is 0 Å². The van der Waals surface area contributed by atoms with Gasteiger partial charge in [-0.25, -0.2) is 0 Å². The number of phenolic OH excluding ortho intramolecular Hbond substituents is 1. The Kier molecular flexibility index (Phi) is 3.98. The molecule has 2 aromatic carbocycles. The van der Waals surface area contributed by atoms with Crippen molar-refractivity contribution in [3.05, 3.63) is 36.4 Å². The Balaban J connectivity index is 0.000000531. The average molecular weight is 204 g/mol. The van der Waals surface area contributed by atoms with E-state index < -0.39 is 0 Å². The number of hydrogen-bond donors (Lipinski definition) is 1. The summed E-state index contributed by atoms with van der Waals surface area (Å²) >= 11 is 0. The summed E-state index contributed by atoms with van der Waals surface area (Å²) < 4.78 is 5.09. The molecule has 2 heteroatoms. The van der Waals surface area contributed by atoms with E-state index >= 15 is 0 Å². The van der Waals surface area contributed by atoms with Crippen molar-refractivity contribution >= 4 is 10.8 Å². The lowest BCUT2D eigenvalue weighted by atomic mass is 10.1. The van der Waals surface area contributed by atoms with E-state index in [1.54, 1.807) is 19.2 Å². The van der Waals surface area contributed by atoms with Gasteiger partial charge in [0, 0.05) is 0 Å². The molecule has 0 bridgehead atoms. The first-order chi connectivity index (χ1) is 7.29. The van der Waals surface area contributed by atoms with Gasteiger partial charge in [0.2, 0.25) is 0 Å². The molecule has 0 heterocycles. The molecule has 0 aliphatic carbocycles. The largest absolute Gasteiger partial charge is 0.508 e. The van der Waals surface area contributed by atoms with Gasteiger partial charge in [-0.3, -0.25) is 0 Å². The molecular formula is C13H16O2. The fourth-order valence-electron chi connectivity index (χ4n) is 1.34. The summed E-state index contributed by atoms with van der Waals surface area (Å²) in [5, 5.41) is 11.3. The fraction of sp³-hybridized carbons (Fsp3) is 0.231. The third-order valence-corrected chi connectivity index (χ3v) is 2.03. The first-order valence-corrected chi connectivity index (χ1v) is 5.06. The minimum Gasteiger partial charge on any atom is -0.508 e. The van der Waals surface area contributed by atoms with Crippen LogP contribution in [0.15, 0.2) is 36.4 Å².